The minimum absolute atomic E-state index is 0.584. The molecular weight excluding hydrogens is 478 g/mol. The van der Waals surface area contributed by atoms with Gasteiger partial charge in [-0.25, -0.2) is 15.0 Å². The summed E-state index contributed by atoms with van der Waals surface area (Å²) in [6, 6.07) is 43.3. The van der Waals surface area contributed by atoms with Crippen molar-refractivity contribution < 1.29 is 4.42 Å². The van der Waals surface area contributed by atoms with Crippen LogP contribution in [0.15, 0.2) is 132 Å². The molecule has 0 aliphatic heterocycles. The molecule has 6 aromatic carbocycles. The van der Waals surface area contributed by atoms with Crippen molar-refractivity contribution in [3.8, 4) is 34.2 Å². The zero-order chi connectivity index (χ0) is 25.8. The Hall–Kier alpha value is -5.35. The Kier molecular flexibility index (Phi) is 4.79. The van der Waals surface area contributed by atoms with Gasteiger partial charge in [0.05, 0.1) is 5.56 Å². The molecule has 0 N–H and O–H groups in total. The second kappa shape index (κ2) is 8.61. The molecule has 0 aliphatic rings. The maximum atomic E-state index is 6.75. The van der Waals surface area contributed by atoms with Crippen molar-refractivity contribution in [2.75, 3.05) is 0 Å². The van der Waals surface area contributed by atoms with E-state index in [0.29, 0.717) is 17.5 Å². The van der Waals surface area contributed by atoms with Crippen LogP contribution in [-0.4, -0.2) is 15.0 Å². The van der Waals surface area contributed by atoms with E-state index < -0.39 is 0 Å². The quantitative estimate of drug-likeness (QED) is 0.228. The van der Waals surface area contributed by atoms with Gasteiger partial charge in [-0.2, -0.15) is 0 Å². The summed E-state index contributed by atoms with van der Waals surface area (Å²) in [6.07, 6.45) is 0. The van der Waals surface area contributed by atoms with E-state index in [0.717, 1.165) is 44.0 Å². The van der Waals surface area contributed by atoms with Crippen LogP contribution in [0.2, 0.25) is 0 Å². The van der Waals surface area contributed by atoms with Gasteiger partial charge in [-0.3, -0.25) is 0 Å². The highest BCUT2D eigenvalue weighted by atomic mass is 16.3. The summed E-state index contributed by atoms with van der Waals surface area (Å²) in [6.45, 7) is 0. The fourth-order valence-electron chi connectivity index (χ4n) is 5.53. The van der Waals surface area contributed by atoms with Gasteiger partial charge in [0, 0.05) is 27.3 Å². The molecule has 8 aromatic rings. The van der Waals surface area contributed by atoms with Crippen LogP contribution in [0, 0.1) is 0 Å². The number of furan rings is 1. The lowest BCUT2D eigenvalue weighted by molar-refractivity contribution is 0.673. The van der Waals surface area contributed by atoms with E-state index in [1.807, 2.05) is 66.7 Å². The maximum absolute atomic E-state index is 6.75. The highest BCUT2D eigenvalue weighted by Gasteiger charge is 2.20. The molecule has 39 heavy (non-hydrogen) atoms. The topological polar surface area (TPSA) is 51.8 Å². The molecule has 0 radical (unpaired) electrons. The summed E-state index contributed by atoms with van der Waals surface area (Å²) < 4.78 is 6.75. The van der Waals surface area contributed by atoms with Crippen molar-refractivity contribution in [1.29, 1.82) is 0 Å². The largest absolute Gasteiger partial charge is 0.455 e. The minimum Gasteiger partial charge on any atom is -0.455 e. The van der Waals surface area contributed by atoms with Crippen molar-refractivity contribution in [2.24, 2.45) is 0 Å². The van der Waals surface area contributed by atoms with E-state index in [2.05, 4.69) is 60.7 Å². The van der Waals surface area contributed by atoms with Gasteiger partial charge < -0.3 is 4.42 Å². The predicted octanol–water partition coefficient (Wildman–Crippen LogP) is 9.08. The average Bonchev–Trinajstić information content (AvgIpc) is 3.42. The number of aromatic nitrogens is 3. The van der Waals surface area contributed by atoms with Crippen molar-refractivity contribution in [3.05, 3.63) is 127 Å². The third kappa shape index (κ3) is 3.42. The summed E-state index contributed by atoms with van der Waals surface area (Å²) in [5.41, 5.74) is 4.37. The lowest BCUT2D eigenvalue weighted by Crippen LogP contribution is -2.00. The molecule has 0 aliphatic carbocycles. The predicted molar refractivity (Wildman–Crippen MR) is 158 cm³/mol. The lowest BCUT2D eigenvalue weighted by atomic mass is 9.96. The third-order valence-corrected chi connectivity index (χ3v) is 7.31. The molecule has 0 saturated carbocycles. The molecule has 4 heteroatoms. The van der Waals surface area contributed by atoms with Crippen LogP contribution in [0.4, 0.5) is 0 Å². The number of hydrogen-bond donors (Lipinski definition) is 0. The van der Waals surface area contributed by atoms with Gasteiger partial charge >= 0.3 is 0 Å². The number of hydrogen-bond acceptors (Lipinski definition) is 4. The van der Waals surface area contributed by atoms with Crippen molar-refractivity contribution in [1.82, 2.24) is 15.0 Å². The summed E-state index contributed by atoms with van der Waals surface area (Å²) in [5, 5.41) is 6.83. The smallest absolute Gasteiger partial charge is 0.167 e. The van der Waals surface area contributed by atoms with Gasteiger partial charge in [-0.15, -0.1) is 0 Å². The molecule has 0 spiro atoms. The number of rotatable bonds is 3. The molecule has 0 unspecified atom stereocenters. The molecule has 0 amide bonds. The maximum Gasteiger partial charge on any atom is 0.167 e. The first kappa shape index (κ1) is 21.7. The van der Waals surface area contributed by atoms with E-state index in [-0.39, 0.29) is 0 Å². The standard InChI is InChI=1S/C35H21N3O/c1-3-12-22(13-4-1)33-36-34(23-14-5-2-6-15-23)38-35(37-33)29-21-11-20-28-30-26-18-9-7-16-24(26)25-17-8-10-19-27(25)32(30)39-31(28)29/h1-21H. The Morgan fingerprint density at radius 3 is 1.49 bits per heavy atom. The minimum atomic E-state index is 0.584. The van der Waals surface area contributed by atoms with Gasteiger partial charge in [-0.05, 0) is 22.2 Å². The molecule has 2 aromatic heterocycles. The zero-order valence-electron chi connectivity index (χ0n) is 20.9. The number of para-hydroxylation sites is 1. The summed E-state index contributed by atoms with van der Waals surface area (Å²) in [7, 11) is 0. The number of benzene rings is 6. The fraction of sp³-hybridized carbons (Fsp3) is 0. The zero-order valence-corrected chi connectivity index (χ0v) is 20.9. The first-order valence-electron chi connectivity index (χ1n) is 13.0. The van der Waals surface area contributed by atoms with E-state index in [4.69, 9.17) is 19.4 Å². The van der Waals surface area contributed by atoms with Gasteiger partial charge in [0.1, 0.15) is 11.2 Å². The van der Waals surface area contributed by atoms with E-state index >= 15 is 0 Å². The van der Waals surface area contributed by atoms with Crippen LogP contribution < -0.4 is 0 Å². The van der Waals surface area contributed by atoms with E-state index in [1.54, 1.807) is 0 Å². The molecule has 8 rings (SSSR count). The Labute approximate surface area is 224 Å². The number of nitrogens with zero attached hydrogens (tertiary/aromatic N) is 3. The molecular formula is C35H21N3O. The summed E-state index contributed by atoms with van der Waals surface area (Å²) in [5.74, 6) is 1.84. The first-order valence-corrected chi connectivity index (χ1v) is 13.0. The van der Waals surface area contributed by atoms with Gasteiger partial charge in [0.25, 0.3) is 0 Å². The van der Waals surface area contributed by atoms with E-state index in [1.165, 1.54) is 16.2 Å². The Morgan fingerprint density at radius 2 is 0.846 bits per heavy atom. The molecule has 0 saturated heterocycles. The van der Waals surface area contributed by atoms with Crippen molar-refractivity contribution in [3.63, 3.8) is 0 Å². The van der Waals surface area contributed by atoms with E-state index in [9.17, 15) is 0 Å². The Bertz CT molecular complexity index is 2110. The van der Waals surface area contributed by atoms with Crippen LogP contribution in [-0.2, 0) is 0 Å². The average molecular weight is 500 g/mol. The fourth-order valence-corrected chi connectivity index (χ4v) is 5.53. The highest BCUT2D eigenvalue weighted by Crippen LogP contribution is 2.43. The van der Waals surface area contributed by atoms with Gasteiger partial charge in [0.2, 0.25) is 0 Å². The molecule has 182 valence electrons. The summed E-state index contributed by atoms with van der Waals surface area (Å²) >= 11 is 0. The highest BCUT2D eigenvalue weighted by molar-refractivity contribution is 6.30. The Balaban J connectivity index is 1.46. The van der Waals surface area contributed by atoms with Crippen LogP contribution >= 0.6 is 0 Å². The summed E-state index contributed by atoms with van der Waals surface area (Å²) in [4.78, 5) is 14.8. The second-order valence-corrected chi connectivity index (χ2v) is 9.62. The third-order valence-electron chi connectivity index (χ3n) is 7.31. The van der Waals surface area contributed by atoms with Crippen molar-refractivity contribution >= 4 is 43.5 Å². The molecule has 0 bridgehead atoms. The normalized spacial score (nSPS) is 11.6. The first-order chi connectivity index (χ1) is 19.3. The van der Waals surface area contributed by atoms with Gasteiger partial charge in [-0.1, -0.05) is 121 Å². The second-order valence-electron chi connectivity index (χ2n) is 9.62. The van der Waals surface area contributed by atoms with Crippen LogP contribution in [0.25, 0.3) is 77.6 Å². The number of fused-ring (bicyclic) bond motifs is 8. The van der Waals surface area contributed by atoms with Crippen LogP contribution in [0.1, 0.15) is 0 Å². The van der Waals surface area contributed by atoms with Crippen LogP contribution in [0.5, 0.6) is 0 Å². The molecule has 0 atom stereocenters. The molecule has 0 fully saturated rings. The van der Waals surface area contributed by atoms with Crippen LogP contribution in [0.3, 0.4) is 0 Å². The molecule has 2 heterocycles. The molecule has 4 nitrogen and oxygen atoms in total. The van der Waals surface area contributed by atoms with Gasteiger partial charge in [0.15, 0.2) is 17.5 Å². The monoisotopic (exact) mass is 499 g/mol. The Morgan fingerprint density at radius 1 is 0.359 bits per heavy atom. The SMILES string of the molecule is c1ccc(-c2nc(-c3ccccc3)nc(-c3cccc4c3oc3c5ccccc5c5ccccc5c43)n2)cc1. The van der Waals surface area contributed by atoms with Crippen molar-refractivity contribution in [2.45, 2.75) is 0 Å². The lowest BCUT2D eigenvalue weighted by Gasteiger charge is -2.08.